The number of aliphatic imine (C=N–C) groups is 1. The van der Waals surface area contributed by atoms with Crippen LogP contribution in [0.3, 0.4) is 0 Å². The molecule has 1 aliphatic carbocycles. The molecule has 0 aliphatic heterocycles. The largest absolute Gasteiger partial charge is 0.462 e. The first-order chi connectivity index (χ1) is 12.5. The van der Waals surface area contributed by atoms with E-state index in [9.17, 15) is 9.59 Å². The number of amides is 1. The Morgan fingerprint density at radius 1 is 1.15 bits per heavy atom. The highest BCUT2D eigenvalue weighted by Crippen LogP contribution is 2.21. The second-order valence-corrected chi connectivity index (χ2v) is 6.66. The van der Waals surface area contributed by atoms with Crippen LogP contribution in [0.2, 0.25) is 0 Å². The molecule has 0 saturated heterocycles. The molecule has 0 aromatic carbocycles. The number of halogens is 1. The first-order valence-corrected chi connectivity index (χ1v) is 9.98. The summed E-state index contributed by atoms with van der Waals surface area (Å²) in [7, 11) is 1.86. The van der Waals surface area contributed by atoms with E-state index in [-0.39, 0.29) is 48.5 Å². The van der Waals surface area contributed by atoms with Crippen LogP contribution >= 0.6 is 24.0 Å². The lowest BCUT2D eigenvalue weighted by atomic mass is 10.3. The van der Waals surface area contributed by atoms with Crippen molar-refractivity contribution in [1.29, 1.82) is 0 Å². The van der Waals surface area contributed by atoms with Crippen LogP contribution in [-0.4, -0.2) is 73.5 Å². The molecule has 0 aromatic heterocycles. The second-order valence-electron chi connectivity index (χ2n) is 6.66. The fraction of sp³-hybridized carbons (Fsp3) is 0.842. The monoisotopic (exact) mass is 496 g/mol. The van der Waals surface area contributed by atoms with Crippen molar-refractivity contribution in [3.05, 3.63) is 0 Å². The molecule has 0 unspecified atom stereocenters. The zero-order valence-electron chi connectivity index (χ0n) is 17.3. The summed E-state index contributed by atoms with van der Waals surface area (Å²) in [4.78, 5) is 32.3. The summed E-state index contributed by atoms with van der Waals surface area (Å²) in [6, 6.07) is 0. The predicted octanol–water partition coefficient (Wildman–Crippen LogP) is 2.64. The topological polar surface area (TPSA) is 74.2 Å². The summed E-state index contributed by atoms with van der Waals surface area (Å²) in [6.45, 7) is 8.92. The van der Waals surface area contributed by atoms with Crippen molar-refractivity contribution in [1.82, 2.24) is 15.1 Å². The Morgan fingerprint density at radius 2 is 1.78 bits per heavy atom. The van der Waals surface area contributed by atoms with Crippen molar-refractivity contribution in [2.45, 2.75) is 65.4 Å². The van der Waals surface area contributed by atoms with E-state index in [1.165, 1.54) is 0 Å². The maximum Gasteiger partial charge on any atom is 0.306 e. The van der Waals surface area contributed by atoms with Gasteiger partial charge in [0.05, 0.1) is 6.54 Å². The Kier molecular flexibility index (Phi) is 14.3. The van der Waals surface area contributed by atoms with Gasteiger partial charge in [-0.15, -0.1) is 24.0 Å². The maximum absolute atomic E-state index is 12.2. The van der Waals surface area contributed by atoms with Gasteiger partial charge in [-0.3, -0.25) is 14.6 Å². The third-order valence-corrected chi connectivity index (χ3v) is 4.59. The average molecular weight is 496 g/mol. The molecule has 1 aliphatic rings. The average Bonchev–Trinajstić information content (AvgIpc) is 3.11. The van der Waals surface area contributed by atoms with Gasteiger partial charge in [0, 0.05) is 39.6 Å². The highest BCUT2D eigenvalue weighted by Gasteiger charge is 2.19. The third kappa shape index (κ3) is 10.2. The van der Waals surface area contributed by atoms with E-state index in [0.717, 1.165) is 32.2 Å². The quantitative estimate of drug-likeness (QED) is 0.166. The fourth-order valence-electron chi connectivity index (χ4n) is 3.08. The molecular formula is C19H37IN4O3. The molecule has 0 heterocycles. The van der Waals surface area contributed by atoms with Crippen molar-refractivity contribution in [3.63, 3.8) is 0 Å². The normalized spacial score (nSPS) is 14.4. The first-order valence-electron chi connectivity index (χ1n) is 9.98. The lowest BCUT2D eigenvalue weighted by molar-refractivity contribution is -0.148. The summed E-state index contributed by atoms with van der Waals surface area (Å²) < 4.78 is 5.45. The minimum atomic E-state index is -0.123. The van der Waals surface area contributed by atoms with Crippen LogP contribution in [0.15, 0.2) is 4.99 Å². The minimum Gasteiger partial charge on any atom is -0.462 e. The van der Waals surface area contributed by atoms with Crippen LogP contribution in [0.5, 0.6) is 0 Å². The number of hydrogen-bond donors (Lipinski definition) is 1. The van der Waals surface area contributed by atoms with Crippen LogP contribution in [-0.2, 0) is 14.3 Å². The van der Waals surface area contributed by atoms with Gasteiger partial charge in [0.1, 0.15) is 6.10 Å². The van der Waals surface area contributed by atoms with E-state index in [4.69, 9.17) is 4.74 Å². The number of carbonyl (C=O) groups excluding carboxylic acids is 2. The predicted molar refractivity (Wildman–Crippen MR) is 120 cm³/mol. The molecular weight excluding hydrogens is 459 g/mol. The summed E-state index contributed by atoms with van der Waals surface area (Å²) in [6.07, 6.45) is 5.49. The molecule has 1 amide bonds. The highest BCUT2D eigenvalue weighted by atomic mass is 127. The fourth-order valence-corrected chi connectivity index (χ4v) is 3.08. The number of carbonyl (C=O) groups is 2. The van der Waals surface area contributed by atoms with Crippen LogP contribution in [0, 0.1) is 0 Å². The van der Waals surface area contributed by atoms with E-state index >= 15 is 0 Å². The van der Waals surface area contributed by atoms with Gasteiger partial charge >= 0.3 is 5.97 Å². The summed E-state index contributed by atoms with van der Waals surface area (Å²) in [5.74, 6) is 0.655. The molecule has 27 heavy (non-hydrogen) atoms. The molecule has 1 N–H and O–H groups in total. The number of hydrogen-bond acceptors (Lipinski definition) is 4. The van der Waals surface area contributed by atoms with Gasteiger partial charge in [-0.05, 0) is 52.9 Å². The Morgan fingerprint density at radius 3 is 2.33 bits per heavy atom. The second kappa shape index (κ2) is 14.9. The summed E-state index contributed by atoms with van der Waals surface area (Å²) in [5.41, 5.74) is 0. The SMILES string of the molecule is CCNC(=NCCCC(=O)OC1CCCC1)N(C)CC(=O)N(CC)CC.I. The van der Waals surface area contributed by atoms with E-state index in [2.05, 4.69) is 10.3 Å². The van der Waals surface area contributed by atoms with E-state index in [1.807, 2.05) is 32.7 Å². The molecule has 7 nitrogen and oxygen atoms in total. The number of ether oxygens (including phenoxy) is 1. The van der Waals surface area contributed by atoms with E-state index in [1.54, 1.807) is 4.90 Å². The lowest BCUT2D eigenvalue weighted by Gasteiger charge is -2.25. The van der Waals surface area contributed by atoms with E-state index in [0.29, 0.717) is 38.4 Å². The van der Waals surface area contributed by atoms with Gasteiger partial charge in [0.15, 0.2) is 5.96 Å². The number of nitrogens with zero attached hydrogens (tertiary/aromatic N) is 3. The standard InChI is InChI=1S/C19H36N4O3.HI/c1-5-20-19(22(4)15-17(24)23(6-2)7-3)21-14-10-13-18(25)26-16-11-8-9-12-16;/h16H,5-15H2,1-4H3,(H,20,21);1H. The van der Waals surface area contributed by atoms with E-state index < -0.39 is 0 Å². The Hall–Kier alpha value is -1.06. The molecule has 0 bridgehead atoms. The van der Waals surface area contributed by atoms with Gasteiger partial charge in [-0.2, -0.15) is 0 Å². The van der Waals surface area contributed by atoms with Crippen LogP contribution in [0.4, 0.5) is 0 Å². The Bertz CT molecular complexity index is 464. The first kappa shape index (κ1) is 25.9. The van der Waals surface area contributed by atoms with Crippen LogP contribution in [0.25, 0.3) is 0 Å². The number of rotatable bonds is 10. The molecule has 0 radical (unpaired) electrons. The number of guanidine groups is 1. The van der Waals surface area contributed by atoms with Gasteiger partial charge in [-0.1, -0.05) is 0 Å². The molecule has 0 atom stereocenters. The molecule has 1 saturated carbocycles. The molecule has 1 rings (SSSR count). The molecule has 8 heteroatoms. The summed E-state index contributed by atoms with van der Waals surface area (Å²) >= 11 is 0. The lowest BCUT2D eigenvalue weighted by Crippen LogP contribution is -2.45. The zero-order chi connectivity index (χ0) is 19.4. The van der Waals surface area contributed by atoms with Gasteiger partial charge in [0.2, 0.25) is 5.91 Å². The number of esters is 1. The number of nitrogens with one attached hydrogen (secondary N) is 1. The Labute approximate surface area is 181 Å². The minimum absolute atomic E-state index is 0. The van der Waals surface area contributed by atoms with Crippen LogP contribution < -0.4 is 5.32 Å². The summed E-state index contributed by atoms with van der Waals surface area (Å²) in [5, 5.41) is 3.20. The molecule has 0 aromatic rings. The number of likely N-dealkylation sites (N-methyl/N-ethyl adjacent to an activating group) is 2. The van der Waals surface area contributed by atoms with Gasteiger partial charge in [0.25, 0.3) is 0 Å². The van der Waals surface area contributed by atoms with Crippen molar-refractivity contribution in [3.8, 4) is 0 Å². The maximum atomic E-state index is 12.2. The van der Waals surface area contributed by atoms with Gasteiger partial charge in [-0.25, -0.2) is 0 Å². The molecule has 0 spiro atoms. The molecule has 1 fully saturated rings. The Balaban J connectivity index is 0.00000676. The van der Waals surface area contributed by atoms with Crippen molar-refractivity contribution < 1.29 is 14.3 Å². The zero-order valence-corrected chi connectivity index (χ0v) is 19.7. The highest BCUT2D eigenvalue weighted by molar-refractivity contribution is 14.0. The third-order valence-electron chi connectivity index (χ3n) is 4.59. The van der Waals surface area contributed by atoms with Crippen molar-refractivity contribution >= 4 is 41.8 Å². The van der Waals surface area contributed by atoms with Gasteiger partial charge < -0.3 is 19.9 Å². The smallest absolute Gasteiger partial charge is 0.306 e. The van der Waals surface area contributed by atoms with Crippen molar-refractivity contribution in [2.24, 2.45) is 4.99 Å². The van der Waals surface area contributed by atoms with Crippen LogP contribution in [0.1, 0.15) is 59.3 Å². The van der Waals surface area contributed by atoms with Crippen molar-refractivity contribution in [2.75, 3.05) is 39.8 Å². The molecule has 158 valence electrons.